The summed E-state index contributed by atoms with van der Waals surface area (Å²) in [5.41, 5.74) is -1.28. The lowest BCUT2D eigenvalue weighted by Gasteiger charge is -2.31. The molecule has 0 aliphatic heterocycles. The molecule has 124 valence electrons. The van der Waals surface area contributed by atoms with E-state index in [9.17, 15) is 26.3 Å². The fourth-order valence-corrected chi connectivity index (χ4v) is 1.97. The lowest BCUT2D eigenvalue weighted by Crippen LogP contribution is -2.50. The average Bonchev–Trinajstić information content (AvgIpc) is 2.21. The summed E-state index contributed by atoms with van der Waals surface area (Å²) in [6.07, 6.45) is -16.7. The molecule has 0 saturated carbocycles. The second kappa shape index (κ2) is 6.83. The Morgan fingerprint density at radius 3 is 1.76 bits per heavy atom. The van der Waals surface area contributed by atoms with Crippen molar-refractivity contribution in [3.63, 3.8) is 0 Å². The molecule has 0 spiro atoms. The average molecular weight is 320 g/mol. The molecule has 0 aliphatic carbocycles. The van der Waals surface area contributed by atoms with E-state index >= 15 is 0 Å². The number of nitrogens with one attached hydrogen (secondary N) is 1. The summed E-state index contributed by atoms with van der Waals surface area (Å²) < 4.78 is 78.4. The van der Waals surface area contributed by atoms with E-state index in [1.807, 2.05) is 6.07 Å². The number of ether oxygens (including phenoxy) is 1. The third kappa shape index (κ3) is 7.00. The van der Waals surface area contributed by atoms with Gasteiger partial charge in [0.15, 0.2) is 0 Å². The van der Waals surface area contributed by atoms with Crippen LogP contribution in [0.2, 0.25) is 0 Å². The van der Waals surface area contributed by atoms with Gasteiger partial charge in [0.1, 0.15) is 5.54 Å². The van der Waals surface area contributed by atoms with E-state index in [1.165, 1.54) is 6.92 Å². The van der Waals surface area contributed by atoms with Gasteiger partial charge in [0, 0.05) is 12.5 Å². The van der Waals surface area contributed by atoms with Gasteiger partial charge in [0.2, 0.25) is 6.10 Å². The second-order valence-electron chi connectivity index (χ2n) is 5.36. The van der Waals surface area contributed by atoms with Crippen molar-refractivity contribution in [2.75, 3.05) is 0 Å². The maximum absolute atomic E-state index is 12.4. The van der Waals surface area contributed by atoms with Crippen LogP contribution >= 0.6 is 0 Å². The summed E-state index contributed by atoms with van der Waals surface area (Å²) in [5.74, 6) is 0. The lowest BCUT2D eigenvalue weighted by molar-refractivity contribution is -0.330. The first kappa shape index (κ1) is 20.0. The van der Waals surface area contributed by atoms with Crippen LogP contribution in [0.25, 0.3) is 0 Å². The predicted octanol–water partition coefficient (Wildman–Crippen LogP) is 3.56. The molecule has 0 aromatic heterocycles. The molecule has 9 heteroatoms. The molecule has 1 N–H and O–H groups in total. The van der Waals surface area contributed by atoms with E-state index < -0.39 is 30.1 Å². The molecule has 0 aromatic carbocycles. The van der Waals surface area contributed by atoms with E-state index in [-0.39, 0.29) is 12.5 Å². The van der Waals surface area contributed by atoms with Gasteiger partial charge in [-0.05, 0) is 27.7 Å². The van der Waals surface area contributed by atoms with E-state index in [0.717, 1.165) is 6.92 Å². The Balaban J connectivity index is 4.95. The Labute approximate surface area is 119 Å². The molecule has 0 amide bonds. The number of hydrogen-bond acceptors (Lipinski definition) is 3. The molecular weight excluding hydrogens is 302 g/mol. The van der Waals surface area contributed by atoms with E-state index in [4.69, 9.17) is 5.26 Å². The third-order valence-electron chi connectivity index (χ3n) is 2.51. The van der Waals surface area contributed by atoms with Gasteiger partial charge in [-0.25, -0.2) is 0 Å². The van der Waals surface area contributed by atoms with Gasteiger partial charge in [0.25, 0.3) is 0 Å². The molecule has 2 unspecified atom stereocenters. The van der Waals surface area contributed by atoms with Crippen LogP contribution in [0, 0.1) is 11.3 Å². The molecule has 0 radical (unpaired) electrons. The molecule has 3 nitrogen and oxygen atoms in total. The highest BCUT2D eigenvalue weighted by Gasteiger charge is 2.58. The molecule has 0 saturated heterocycles. The summed E-state index contributed by atoms with van der Waals surface area (Å²) in [5, 5.41) is 11.8. The van der Waals surface area contributed by atoms with E-state index in [1.54, 1.807) is 13.8 Å². The minimum Gasteiger partial charge on any atom is -0.358 e. The van der Waals surface area contributed by atoms with Gasteiger partial charge in [-0.1, -0.05) is 0 Å². The van der Waals surface area contributed by atoms with Crippen LogP contribution in [0.4, 0.5) is 26.3 Å². The van der Waals surface area contributed by atoms with E-state index in [2.05, 4.69) is 10.1 Å². The van der Waals surface area contributed by atoms with E-state index in [0.29, 0.717) is 0 Å². The molecule has 0 bridgehead atoms. The van der Waals surface area contributed by atoms with Crippen LogP contribution in [0.15, 0.2) is 0 Å². The number of nitrogens with zero attached hydrogens (tertiary/aromatic N) is 1. The molecular formula is C12H18F6N2O. The van der Waals surface area contributed by atoms with Gasteiger partial charge in [0.05, 0.1) is 12.2 Å². The maximum atomic E-state index is 12.4. The largest absolute Gasteiger partial charge is 0.423 e. The van der Waals surface area contributed by atoms with Crippen molar-refractivity contribution < 1.29 is 31.1 Å². The number of halogens is 6. The Kier molecular flexibility index (Phi) is 6.50. The minimum absolute atomic E-state index is 0.164. The Morgan fingerprint density at radius 2 is 1.48 bits per heavy atom. The monoisotopic (exact) mass is 320 g/mol. The van der Waals surface area contributed by atoms with Crippen LogP contribution in [0.3, 0.4) is 0 Å². The van der Waals surface area contributed by atoms with Crippen LogP contribution < -0.4 is 5.32 Å². The minimum atomic E-state index is -5.55. The summed E-state index contributed by atoms with van der Waals surface area (Å²) in [7, 11) is 0. The standard InChI is InChI=1S/C12H18F6N2O/c1-7(2)20-10(4,6-19)5-8(3)21-9(11(13,14)15)12(16,17)18/h7-9,20H,5H2,1-4H3. The Morgan fingerprint density at radius 1 is 1.05 bits per heavy atom. The highest BCUT2D eigenvalue weighted by atomic mass is 19.4. The summed E-state index contributed by atoms with van der Waals surface area (Å²) in [6, 6.07) is 1.67. The van der Waals surface area contributed by atoms with Gasteiger partial charge in [-0.15, -0.1) is 0 Å². The SMILES string of the molecule is CC(C)NC(C)(C#N)CC(C)OC(C(F)(F)F)C(F)(F)F. The predicted molar refractivity (Wildman–Crippen MR) is 63.4 cm³/mol. The molecule has 2 atom stereocenters. The fraction of sp³-hybridized carbons (Fsp3) is 0.917. The second-order valence-corrected chi connectivity index (χ2v) is 5.36. The smallest absolute Gasteiger partial charge is 0.358 e. The Bertz CT molecular complexity index is 359. The summed E-state index contributed by atoms with van der Waals surface area (Å²) >= 11 is 0. The van der Waals surface area contributed by atoms with Gasteiger partial charge >= 0.3 is 12.4 Å². The third-order valence-corrected chi connectivity index (χ3v) is 2.51. The zero-order chi connectivity index (χ0) is 17.1. The normalized spacial score (nSPS) is 17.7. The molecule has 0 aromatic rings. The molecule has 21 heavy (non-hydrogen) atoms. The van der Waals surface area contributed by atoms with Gasteiger partial charge in [-0.2, -0.15) is 31.6 Å². The van der Waals surface area contributed by atoms with Crippen molar-refractivity contribution in [2.45, 2.75) is 70.3 Å². The molecule has 0 rings (SSSR count). The number of hydrogen-bond donors (Lipinski definition) is 1. The van der Waals surface area contributed by atoms with Crippen molar-refractivity contribution in [3.8, 4) is 6.07 Å². The van der Waals surface area contributed by atoms with Crippen LogP contribution in [0.5, 0.6) is 0 Å². The number of nitriles is 1. The van der Waals surface area contributed by atoms with Crippen molar-refractivity contribution in [1.82, 2.24) is 5.32 Å². The van der Waals surface area contributed by atoms with Gasteiger partial charge in [-0.3, -0.25) is 5.32 Å². The molecule has 0 heterocycles. The lowest BCUT2D eigenvalue weighted by atomic mass is 9.95. The maximum Gasteiger partial charge on any atom is 0.423 e. The zero-order valence-corrected chi connectivity index (χ0v) is 12.1. The summed E-state index contributed by atoms with van der Waals surface area (Å²) in [4.78, 5) is 0. The van der Waals surface area contributed by atoms with Crippen molar-refractivity contribution in [2.24, 2.45) is 0 Å². The van der Waals surface area contributed by atoms with Crippen molar-refractivity contribution in [1.29, 1.82) is 5.26 Å². The Hall–Kier alpha value is -1.01. The first-order chi connectivity index (χ1) is 9.21. The first-order valence-corrected chi connectivity index (χ1v) is 6.19. The zero-order valence-electron chi connectivity index (χ0n) is 12.1. The highest BCUT2D eigenvalue weighted by molar-refractivity contribution is 5.05. The van der Waals surface area contributed by atoms with Crippen LogP contribution in [0.1, 0.15) is 34.1 Å². The first-order valence-electron chi connectivity index (χ1n) is 6.19. The highest BCUT2D eigenvalue weighted by Crippen LogP contribution is 2.37. The van der Waals surface area contributed by atoms with Crippen molar-refractivity contribution >= 4 is 0 Å². The fourth-order valence-electron chi connectivity index (χ4n) is 1.97. The van der Waals surface area contributed by atoms with Gasteiger partial charge < -0.3 is 4.74 Å². The van der Waals surface area contributed by atoms with Crippen molar-refractivity contribution in [3.05, 3.63) is 0 Å². The van der Waals surface area contributed by atoms with Crippen LogP contribution in [-0.2, 0) is 4.74 Å². The summed E-state index contributed by atoms with van der Waals surface area (Å²) in [6.45, 7) is 5.87. The quantitative estimate of drug-likeness (QED) is 0.761. The number of rotatable bonds is 6. The molecule has 0 aliphatic rings. The topological polar surface area (TPSA) is 45.0 Å². The molecule has 0 fully saturated rings. The number of alkyl halides is 6. The van der Waals surface area contributed by atoms with Crippen LogP contribution in [-0.4, -0.2) is 36.1 Å².